The van der Waals surface area contributed by atoms with E-state index in [-0.39, 0.29) is 45.9 Å². The molecule has 0 saturated heterocycles. The number of aliphatic hydroxyl groups excluding tert-OH is 1. The van der Waals surface area contributed by atoms with Gasteiger partial charge in [-0.25, -0.2) is 4.79 Å². The molecule has 0 amide bonds. The number of benzene rings is 3. The van der Waals surface area contributed by atoms with Crippen molar-refractivity contribution in [2.75, 3.05) is 0 Å². The summed E-state index contributed by atoms with van der Waals surface area (Å²) in [6, 6.07) is 17.3. The summed E-state index contributed by atoms with van der Waals surface area (Å²) in [5.41, 5.74) is 2.27. The summed E-state index contributed by atoms with van der Waals surface area (Å²) >= 11 is 6.60. The second-order valence-corrected chi connectivity index (χ2v) is 10.6. The molecule has 11 heteroatoms. The SMILES string of the molecule is O=C(O)c1ccc(C2CC2c2ccc(OC(O)c3c(-c4ccccc4OC(F)(F)F)noc3C3CC3)cc2Cl)cc1. The number of carboxylic acid groups (broad SMARTS) is 1. The number of carbonyl (C=O) groups is 1. The minimum Gasteiger partial charge on any atom is -0.478 e. The molecule has 4 aromatic rings. The second-order valence-electron chi connectivity index (χ2n) is 10.2. The maximum Gasteiger partial charge on any atom is 0.573 e. The van der Waals surface area contributed by atoms with Crippen LogP contribution in [0.5, 0.6) is 11.5 Å². The number of aromatic nitrogens is 1. The average molecular weight is 586 g/mol. The van der Waals surface area contributed by atoms with Gasteiger partial charge in [0.2, 0.25) is 6.29 Å². The van der Waals surface area contributed by atoms with E-state index in [1.165, 1.54) is 18.2 Å². The van der Waals surface area contributed by atoms with E-state index in [0.717, 1.165) is 36.5 Å². The number of halogens is 4. The fourth-order valence-electron chi connectivity index (χ4n) is 5.11. The molecular formula is C30H23ClF3NO6. The van der Waals surface area contributed by atoms with Crippen LogP contribution in [0.15, 0.2) is 71.3 Å². The van der Waals surface area contributed by atoms with E-state index in [1.807, 2.05) is 18.2 Å². The molecule has 3 atom stereocenters. The van der Waals surface area contributed by atoms with Crippen molar-refractivity contribution >= 4 is 17.6 Å². The summed E-state index contributed by atoms with van der Waals surface area (Å²) in [7, 11) is 0. The largest absolute Gasteiger partial charge is 0.573 e. The fraction of sp³-hybridized carbons (Fsp3) is 0.267. The smallest absolute Gasteiger partial charge is 0.478 e. The van der Waals surface area contributed by atoms with Crippen molar-refractivity contribution in [1.82, 2.24) is 5.16 Å². The van der Waals surface area contributed by atoms with E-state index in [9.17, 15) is 23.1 Å². The number of ether oxygens (including phenoxy) is 2. The molecule has 41 heavy (non-hydrogen) atoms. The molecule has 6 rings (SSSR count). The fourth-order valence-corrected chi connectivity index (χ4v) is 5.42. The van der Waals surface area contributed by atoms with Crippen LogP contribution in [0.1, 0.15) is 76.1 Å². The maximum atomic E-state index is 13.1. The van der Waals surface area contributed by atoms with Gasteiger partial charge in [0.25, 0.3) is 0 Å². The Labute approximate surface area is 237 Å². The summed E-state index contributed by atoms with van der Waals surface area (Å²) in [6.45, 7) is 0. The van der Waals surface area contributed by atoms with Gasteiger partial charge in [-0.3, -0.25) is 0 Å². The van der Waals surface area contributed by atoms with Crippen LogP contribution in [0.25, 0.3) is 11.3 Å². The Morgan fingerprint density at radius 1 is 1.05 bits per heavy atom. The van der Waals surface area contributed by atoms with E-state index < -0.39 is 24.4 Å². The lowest BCUT2D eigenvalue weighted by molar-refractivity contribution is -0.274. The van der Waals surface area contributed by atoms with Gasteiger partial charge in [-0.1, -0.05) is 47.1 Å². The maximum absolute atomic E-state index is 13.1. The Kier molecular flexibility index (Phi) is 6.91. The molecule has 0 aliphatic heterocycles. The number of rotatable bonds is 9. The van der Waals surface area contributed by atoms with Crippen LogP contribution in [0.2, 0.25) is 5.02 Å². The second kappa shape index (κ2) is 10.4. The van der Waals surface area contributed by atoms with E-state index in [0.29, 0.717) is 10.8 Å². The molecule has 2 fully saturated rings. The third-order valence-corrected chi connectivity index (χ3v) is 7.64. The first-order valence-corrected chi connectivity index (χ1v) is 13.3. The van der Waals surface area contributed by atoms with Gasteiger partial charge in [0.1, 0.15) is 23.0 Å². The number of hydrogen-bond acceptors (Lipinski definition) is 6. The third-order valence-electron chi connectivity index (χ3n) is 7.31. The molecule has 7 nitrogen and oxygen atoms in total. The van der Waals surface area contributed by atoms with Crippen molar-refractivity contribution in [3.8, 4) is 22.8 Å². The number of nitrogens with zero attached hydrogens (tertiary/aromatic N) is 1. The monoisotopic (exact) mass is 585 g/mol. The first kappa shape index (κ1) is 27.2. The number of para-hydroxylation sites is 1. The Bertz CT molecular complexity index is 1600. The summed E-state index contributed by atoms with van der Waals surface area (Å²) in [5.74, 6) is -0.530. The molecular weight excluding hydrogens is 563 g/mol. The van der Waals surface area contributed by atoms with Crippen LogP contribution in [-0.2, 0) is 0 Å². The molecule has 1 heterocycles. The van der Waals surface area contributed by atoms with E-state index >= 15 is 0 Å². The zero-order valence-electron chi connectivity index (χ0n) is 21.3. The highest BCUT2D eigenvalue weighted by molar-refractivity contribution is 6.31. The Hall–Kier alpha value is -4.02. The van der Waals surface area contributed by atoms with Crippen LogP contribution >= 0.6 is 11.6 Å². The van der Waals surface area contributed by atoms with E-state index in [2.05, 4.69) is 9.89 Å². The highest BCUT2D eigenvalue weighted by Crippen LogP contribution is 2.56. The number of aliphatic hydroxyl groups is 1. The highest BCUT2D eigenvalue weighted by Gasteiger charge is 2.41. The molecule has 0 radical (unpaired) electrons. The van der Waals surface area contributed by atoms with Crippen molar-refractivity contribution in [1.29, 1.82) is 0 Å². The molecule has 212 valence electrons. The number of carboxylic acids is 1. The molecule has 3 unspecified atom stereocenters. The number of alkyl halides is 3. The number of aromatic carboxylic acids is 1. The predicted octanol–water partition coefficient (Wildman–Crippen LogP) is 7.81. The zero-order valence-corrected chi connectivity index (χ0v) is 22.0. The van der Waals surface area contributed by atoms with E-state index in [1.54, 1.807) is 24.3 Å². The van der Waals surface area contributed by atoms with Crippen molar-refractivity contribution < 1.29 is 42.2 Å². The van der Waals surface area contributed by atoms with Gasteiger partial charge < -0.3 is 24.2 Å². The molecule has 2 aliphatic rings. The zero-order chi connectivity index (χ0) is 28.9. The van der Waals surface area contributed by atoms with Crippen molar-refractivity contribution in [2.24, 2.45) is 0 Å². The molecule has 0 spiro atoms. The van der Waals surface area contributed by atoms with Crippen molar-refractivity contribution in [2.45, 2.75) is 49.7 Å². The third kappa shape index (κ3) is 5.75. The van der Waals surface area contributed by atoms with Gasteiger partial charge in [-0.05, 0) is 78.6 Å². The van der Waals surface area contributed by atoms with Crippen LogP contribution < -0.4 is 9.47 Å². The van der Waals surface area contributed by atoms with Crippen LogP contribution in [0, 0.1) is 0 Å². The van der Waals surface area contributed by atoms with Crippen molar-refractivity contribution in [3.05, 3.63) is 99.8 Å². The van der Waals surface area contributed by atoms with Crippen LogP contribution in [0.3, 0.4) is 0 Å². The normalized spacial score (nSPS) is 19.0. The summed E-state index contributed by atoms with van der Waals surface area (Å²) in [4.78, 5) is 11.1. The minimum atomic E-state index is -4.92. The van der Waals surface area contributed by atoms with Gasteiger partial charge in [0.15, 0.2) is 0 Å². The molecule has 2 aliphatic carbocycles. The summed E-state index contributed by atoms with van der Waals surface area (Å²) in [6.07, 6.45) is -4.10. The standard InChI is InChI=1S/C30H23ClF3NO6/c31-23-13-18(11-12-19(23)22-14-21(22)15-5-9-17(10-6-15)28(36)37)39-29(38)25-26(35-41-27(25)16-7-8-16)20-3-1-2-4-24(20)40-30(32,33)34/h1-6,9-13,16,21-22,29,38H,7-8,14H2,(H,36,37). The molecule has 2 N–H and O–H groups in total. The van der Waals surface area contributed by atoms with Crippen LogP contribution in [-0.4, -0.2) is 27.7 Å². The molecule has 0 bridgehead atoms. The van der Waals surface area contributed by atoms with Crippen LogP contribution in [0.4, 0.5) is 13.2 Å². The average Bonchev–Trinajstić information content (AvgIpc) is 3.86. The van der Waals surface area contributed by atoms with Gasteiger partial charge in [0, 0.05) is 16.5 Å². The predicted molar refractivity (Wildman–Crippen MR) is 141 cm³/mol. The molecule has 1 aromatic heterocycles. The first-order chi connectivity index (χ1) is 19.6. The Morgan fingerprint density at radius 2 is 1.78 bits per heavy atom. The van der Waals surface area contributed by atoms with Gasteiger partial charge >= 0.3 is 12.3 Å². The number of hydrogen-bond donors (Lipinski definition) is 2. The van der Waals surface area contributed by atoms with Gasteiger partial charge in [-0.15, -0.1) is 13.2 Å². The van der Waals surface area contributed by atoms with Gasteiger partial charge in [0.05, 0.1) is 11.1 Å². The lowest BCUT2D eigenvalue weighted by atomic mass is 10.0. The summed E-state index contributed by atoms with van der Waals surface area (Å²) < 4.78 is 54.6. The quantitative estimate of drug-likeness (QED) is 0.193. The molecule has 3 aromatic carbocycles. The highest BCUT2D eigenvalue weighted by atomic mass is 35.5. The first-order valence-electron chi connectivity index (χ1n) is 12.9. The topological polar surface area (TPSA) is 102 Å². The Balaban J connectivity index is 1.23. The van der Waals surface area contributed by atoms with E-state index in [4.69, 9.17) is 26.0 Å². The van der Waals surface area contributed by atoms with Crippen molar-refractivity contribution in [3.63, 3.8) is 0 Å². The Morgan fingerprint density at radius 3 is 2.44 bits per heavy atom. The minimum absolute atomic E-state index is 0.00247. The molecule has 2 saturated carbocycles. The summed E-state index contributed by atoms with van der Waals surface area (Å²) in [5, 5.41) is 24.7. The van der Waals surface area contributed by atoms with Gasteiger partial charge in [-0.2, -0.15) is 0 Å². The lowest BCUT2D eigenvalue weighted by Gasteiger charge is -2.17. The lowest BCUT2D eigenvalue weighted by Crippen LogP contribution is -2.18.